The van der Waals surface area contributed by atoms with Crippen molar-refractivity contribution >= 4 is 29.9 Å². The summed E-state index contributed by atoms with van der Waals surface area (Å²) in [6.45, 7) is 12.9. The van der Waals surface area contributed by atoms with E-state index in [4.69, 9.17) is 4.99 Å². The zero-order valence-corrected chi connectivity index (χ0v) is 18.1. The van der Waals surface area contributed by atoms with E-state index in [1.54, 1.807) is 0 Å². The first-order chi connectivity index (χ1) is 10.2. The monoisotopic (exact) mass is 436 g/mol. The largest absolute Gasteiger partial charge is 0.357 e. The molecule has 0 aromatic carbocycles. The Kier molecular flexibility index (Phi) is 9.12. The number of aliphatic imine (C=N–C) groups is 1. The minimum atomic E-state index is 0. The number of nitrogens with zero attached hydrogens (tertiary/aromatic N) is 4. The lowest BCUT2D eigenvalue weighted by Gasteiger charge is -2.33. The minimum Gasteiger partial charge on any atom is -0.357 e. The summed E-state index contributed by atoms with van der Waals surface area (Å²) in [6, 6.07) is 0. The van der Waals surface area contributed by atoms with Crippen LogP contribution in [0.5, 0.6) is 0 Å². The standard InChI is InChI=1S/C16H32N6.HI/c1-9-17-15(19-11-16(4,5)21(6)7)18-10-14-12(2)20-22(8)13(14)3;/h9-11H2,1-8H3,(H2,17,18,19);1H. The molecule has 0 aliphatic rings. The summed E-state index contributed by atoms with van der Waals surface area (Å²) in [5, 5.41) is 11.2. The molecule has 7 heteroatoms. The molecule has 0 radical (unpaired) electrons. The molecular formula is C16H33IN6. The summed E-state index contributed by atoms with van der Waals surface area (Å²) in [6.07, 6.45) is 0. The van der Waals surface area contributed by atoms with Crippen LogP contribution in [0.25, 0.3) is 0 Å². The zero-order valence-electron chi connectivity index (χ0n) is 15.8. The molecule has 1 aromatic heterocycles. The van der Waals surface area contributed by atoms with Crippen LogP contribution in [0.3, 0.4) is 0 Å². The van der Waals surface area contributed by atoms with Crippen molar-refractivity contribution in [2.24, 2.45) is 12.0 Å². The molecular weight excluding hydrogens is 403 g/mol. The van der Waals surface area contributed by atoms with Crippen molar-refractivity contribution in [3.8, 4) is 0 Å². The molecule has 1 heterocycles. The van der Waals surface area contributed by atoms with Gasteiger partial charge in [0.2, 0.25) is 0 Å². The Hall–Kier alpha value is -0.830. The molecule has 0 fully saturated rings. The first kappa shape index (κ1) is 22.2. The van der Waals surface area contributed by atoms with Crippen LogP contribution in [-0.2, 0) is 13.6 Å². The summed E-state index contributed by atoms with van der Waals surface area (Å²) >= 11 is 0. The van der Waals surface area contributed by atoms with E-state index < -0.39 is 0 Å². The van der Waals surface area contributed by atoms with Gasteiger partial charge in [0.15, 0.2) is 5.96 Å². The van der Waals surface area contributed by atoms with Gasteiger partial charge in [0, 0.05) is 36.9 Å². The van der Waals surface area contributed by atoms with Crippen LogP contribution in [0.2, 0.25) is 0 Å². The number of likely N-dealkylation sites (N-methyl/N-ethyl adjacent to an activating group) is 1. The van der Waals surface area contributed by atoms with Gasteiger partial charge in [0.25, 0.3) is 0 Å². The van der Waals surface area contributed by atoms with Gasteiger partial charge >= 0.3 is 0 Å². The first-order valence-electron chi connectivity index (χ1n) is 7.87. The smallest absolute Gasteiger partial charge is 0.191 e. The van der Waals surface area contributed by atoms with Crippen molar-refractivity contribution in [1.29, 1.82) is 0 Å². The Morgan fingerprint density at radius 3 is 2.30 bits per heavy atom. The van der Waals surface area contributed by atoms with E-state index in [1.807, 2.05) is 18.7 Å². The third-order valence-electron chi connectivity index (χ3n) is 4.30. The predicted molar refractivity (Wildman–Crippen MR) is 109 cm³/mol. The van der Waals surface area contributed by atoms with Crippen molar-refractivity contribution < 1.29 is 0 Å². The first-order valence-corrected chi connectivity index (χ1v) is 7.87. The highest BCUT2D eigenvalue weighted by molar-refractivity contribution is 14.0. The SMILES string of the molecule is CCNC(=NCc1c(C)nn(C)c1C)NCC(C)(C)N(C)C.I. The van der Waals surface area contributed by atoms with Gasteiger partial charge in [-0.05, 0) is 48.7 Å². The van der Waals surface area contributed by atoms with Gasteiger partial charge in [-0.1, -0.05) is 0 Å². The summed E-state index contributed by atoms with van der Waals surface area (Å²) in [4.78, 5) is 6.91. The number of guanidine groups is 1. The Bertz CT molecular complexity index is 519. The molecule has 134 valence electrons. The highest BCUT2D eigenvalue weighted by Gasteiger charge is 2.20. The van der Waals surface area contributed by atoms with E-state index in [9.17, 15) is 0 Å². The minimum absolute atomic E-state index is 0. The summed E-state index contributed by atoms with van der Waals surface area (Å²) in [7, 11) is 6.15. The average molecular weight is 436 g/mol. The van der Waals surface area contributed by atoms with Crippen LogP contribution in [0.4, 0.5) is 0 Å². The number of halogens is 1. The molecule has 6 nitrogen and oxygen atoms in total. The predicted octanol–water partition coefficient (Wildman–Crippen LogP) is 2.05. The molecule has 0 bridgehead atoms. The second-order valence-electron chi connectivity index (χ2n) is 6.53. The lowest BCUT2D eigenvalue weighted by atomic mass is 10.0. The Balaban J connectivity index is 0.00000484. The van der Waals surface area contributed by atoms with Gasteiger partial charge in [-0.2, -0.15) is 5.10 Å². The van der Waals surface area contributed by atoms with Crippen LogP contribution >= 0.6 is 24.0 Å². The normalized spacial score (nSPS) is 12.3. The van der Waals surface area contributed by atoms with E-state index in [0.29, 0.717) is 6.54 Å². The zero-order chi connectivity index (χ0) is 16.9. The molecule has 0 spiro atoms. The summed E-state index contributed by atoms with van der Waals surface area (Å²) < 4.78 is 1.91. The summed E-state index contributed by atoms with van der Waals surface area (Å²) in [5.74, 6) is 0.847. The average Bonchev–Trinajstić information content (AvgIpc) is 2.67. The molecule has 0 unspecified atom stereocenters. The molecule has 0 saturated carbocycles. The van der Waals surface area contributed by atoms with Crippen LogP contribution in [0.1, 0.15) is 37.7 Å². The number of hydrogen-bond donors (Lipinski definition) is 2. The van der Waals surface area contributed by atoms with Crippen molar-refractivity contribution in [2.75, 3.05) is 27.2 Å². The molecule has 0 atom stereocenters. The van der Waals surface area contributed by atoms with Gasteiger partial charge in [0.1, 0.15) is 0 Å². The van der Waals surface area contributed by atoms with Gasteiger partial charge in [-0.25, -0.2) is 4.99 Å². The third kappa shape index (κ3) is 6.29. The van der Waals surface area contributed by atoms with Crippen molar-refractivity contribution in [3.05, 3.63) is 17.0 Å². The molecule has 0 amide bonds. The maximum atomic E-state index is 4.70. The number of aromatic nitrogens is 2. The van der Waals surface area contributed by atoms with Crippen molar-refractivity contribution in [3.63, 3.8) is 0 Å². The number of rotatable bonds is 6. The number of nitrogens with one attached hydrogen (secondary N) is 2. The third-order valence-corrected chi connectivity index (χ3v) is 4.30. The quantitative estimate of drug-likeness (QED) is 0.407. The van der Waals surface area contributed by atoms with Crippen molar-refractivity contribution in [1.82, 2.24) is 25.3 Å². The Morgan fingerprint density at radius 2 is 1.87 bits per heavy atom. The fraction of sp³-hybridized carbons (Fsp3) is 0.750. The van der Waals surface area contributed by atoms with E-state index >= 15 is 0 Å². The van der Waals surface area contributed by atoms with Gasteiger partial charge in [-0.3, -0.25) is 4.68 Å². The van der Waals surface area contributed by atoms with E-state index in [0.717, 1.165) is 24.7 Å². The number of aryl methyl sites for hydroxylation is 2. The Labute approximate surface area is 158 Å². The van der Waals surface area contributed by atoms with Crippen LogP contribution in [0.15, 0.2) is 4.99 Å². The lowest BCUT2D eigenvalue weighted by Crippen LogP contribution is -2.50. The second-order valence-corrected chi connectivity index (χ2v) is 6.53. The van der Waals surface area contributed by atoms with E-state index in [2.05, 4.69) is 62.4 Å². The van der Waals surface area contributed by atoms with Gasteiger partial charge in [-0.15, -0.1) is 24.0 Å². The fourth-order valence-corrected chi connectivity index (χ4v) is 2.00. The second kappa shape index (κ2) is 9.46. The van der Waals surface area contributed by atoms with Gasteiger partial charge < -0.3 is 15.5 Å². The fourth-order valence-electron chi connectivity index (χ4n) is 2.00. The molecule has 0 aliphatic carbocycles. The molecule has 0 saturated heterocycles. The van der Waals surface area contributed by atoms with E-state index in [1.165, 1.54) is 11.3 Å². The Morgan fingerprint density at radius 1 is 1.26 bits per heavy atom. The van der Waals surface area contributed by atoms with Crippen LogP contribution < -0.4 is 10.6 Å². The van der Waals surface area contributed by atoms with Crippen molar-refractivity contribution in [2.45, 2.75) is 46.7 Å². The topological polar surface area (TPSA) is 57.5 Å². The summed E-state index contributed by atoms with van der Waals surface area (Å²) in [5.41, 5.74) is 3.49. The number of hydrogen-bond acceptors (Lipinski definition) is 3. The lowest BCUT2D eigenvalue weighted by molar-refractivity contribution is 0.197. The maximum absolute atomic E-state index is 4.70. The highest BCUT2D eigenvalue weighted by Crippen LogP contribution is 2.13. The van der Waals surface area contributed by atoms with Crippen LogP contribution in [-0.4, -0.2) is 53.4 Å². The van der Waals surface area contributed by atoms with Crippen LogP contribution in [0, 0.1) is 13.8 Å². The molecule has 0 aliphatic heterocycles. The highest BCUT2D eigenvalue weighted by atomic mass is 127. The molecule has 2 N–H and O–H groups in total. The molecule has 1 rings (SSSR count). The molecule has 23 heavy (non-hydrogen) atoms. The maximum Gasteiger partial charge on any atom is 0.191 e. The molecule has 1 aromatic rings. The van der Waals surface area contributed by atoms with E-state index in [-0.39, 0.29) is 29.5 Å². The van der Waals surface area contributed by atoms with Gasteiger partial charge in [0.05, 0.1) is 12.2 Å².